The third-order valence-corrected chi connectivity index (χ3v) is 3.35. The lowest BCUT2D eigenvalue weighted by atomic mass is 10.1. The Morgan fingerprint density at radius 1 is 0.920 bits per heavy atom. The zero-order valence-corrected chi connectivity index (χ0v) is 13.4. The van der Waals surface area contributed by atoms with E-state index in [0.29, 0.717) is 24.2 Å². The molecule has 25 heavy (non-hydrogen) atoms. The van der Waals surface area contributed by atoms with E-state index in [0.717, 1.165) is 17.7 Å². The molecule has 0 heterocycles. The Bertz CT molecular complexity index is 785. The SMILES string of the molecule is O=C(O)/C=C/C(=O)Nc1ccccc1C(=O)NCCc1ccccc1. The number of carboxylic acid groups (broad SMARTS) is 1. The van der Waals surface area contributed by atoms with Gasteiger partial charge in [0.25, 0.3) is 5.91 Å². The van der Waals surface area contributed by atoms with Gasteiger partial charge in [0.05, 0.1) is 11.3 Å². The summed E-state index contributed by atoms with van der Waals surface area (Å²) in [5, 5.41) is 13.8. The van der Waals surface area contributed by atoms with Crippen molar-refractivity contribution in [3.8, 4) is 0 Å². The van der Waals surface area contributed by atoms with Gasteiger partial charge in [-0.2, -0.15) is 0 Å². The van der Waals surface area contributed by atoms with E-state index in [1.165, 1.54) is 0 Å². The molecule has 128 valence electrons. The molecule has 3 N–H and O–H groups in total. The van der Waals surface area contributed by atoms with Crippen molar-refractivity contribution in [3.05, 3.63) is 77.9 Å². The largest absolute Gasteiger partial charge is 0.478 e. The molecule has 2 amide bonds. The second-order valence-corrected chi connectivity index (χ2v) is 5.20. The smallest absolute Gasteiger partial charge is 0.328 e. The van der Waals surface area contributed by atoms with Gasteiger partial charge >= 0.3 is 5.97 Å². The van der Waals surface area contributed by atoms with Crippen LogP contribution in [0.1, 0.15) is 15.9 Å². The highest BCUT2D eigenvalue weighted by atomic mass is 16.4. The molecule has 0 aliphatic heterocycles. The maximum absolute atomic E-state index is 12.3. The van der Waals surface area contributed by atoms with Crippen LogP contribution >= 0.6 is 0 Å². The molecular formula is C19H18N2O4. The third kappa shape index (κ3) is 5.95. The van der Waals surface area contributed by atoms with E-state index < -0.39 is 11.9 Å². The molecule has 6 nitrogen and oxygen atoms in total. The summed E-state index contributed by atoms with van der Waals surface area (Å²) in [4.78, 5) is 34.5. The van der Waals surface area contributed by atoms with Crippen LogP contribution in [0.2, 0.25) is 0 Å². The Morgan fingerprint density at radius 2 is 1.60 bits per heavy atom. The van der Waals surface area contributed by atoms with Crippen LogP contribution in [0.25, 0.3) is 0 Å². The molecule has 0 fully saturated rings. The number of hydrogen-bond acceptors (Lipinski definition) is 3. The van der Waals surface area contributed by atoms with E-state index >= 15 is 0 Å². The predicted octanol–water partition coefficient (Wildman–Crippen LogP) is 2.24. The lowest BCUT2D eigenvalue weighted by Crippen LogP contribution is -2.27. The van der Waals surface area contributed by atoms with E-state index in [2.05, 4.69) is 10.6 Å². The molecule has 0 aliphatic rings. The molecular weight excluding hydrogens is 320 g/mol. The minimum Gasteiger partial charge on any atom is -0.478 e. The second kappa shape index (κ2) is 9.02. The van der Waals surface area contributed by atoms with Gasteiger partial charge in [-0.15, -0.1) is 0 Å². The summed E-state index contributed by atoms with van der Waals surface area (Å²) in [5.74, 6) is -2.15. The monoisotopic (exact) mass is 338 g/mol. The Labute approximate surface area is 145 Å². The first kappa shape index (κ1) is 17.9. The van der Waals surface area contributed by atoms with Crippen LogP contribution in [0.15, 0.2) is 66.7 Å². The normalized spacial score (nSPS) is 10.4. The number of carboxylic acids is 1. The number of carbonyl (C=O) groups excluding carboxylic acids is 2. The number of para-hydroxylation sites is 1. The van der Waals surface area contributed by atoms with E-state index in [9.17, 15) is 14.4 Å². The molecule has 0 aromatic heterocycles. The number of carbonyl (C=O) groups is 3. The van der Waals surface area contributed by atoms with Gasteiger partial charge in [0.15, 0.2) is 0 Å². The Kier molecular flexibility index (Phi) is 6.47. The van der Waals surface area contributed by atoms with Crippen LogP contribution in [0, 0.1) is 0 Å². The van der Waals surface area contributed by atoms with Crippen LogP contribution in [-0.4, -0.2) is 29.4 Å². The zero-order chi connectivity index (χ0) is 18.1. The van der Waals surface area contributed by atoms with Crippen molar-refractivity contribution in [2.45, 2.75) is 6.42 Å². The first-order valence-electron chi connectivity index (χ1n) is 7.69. The molecule has 2 aromatic rings. The van der Waals surface area contributed by atoms with Gasteiger partial charge in [0, 0.05) is 18.7 Å². The molecule has 0 spiro atoms. The van der Waals surface area contributed by atoms with Gasteiger partial charge in [-0.3, -0.25) is 9.59 Å². The summed E-state index contributed by atoms with van der Waals surface area (Å²) in [7, 11) is 0. The van der Waals surface area contributed by atoms with Crippen LogP contribution in [0.4, 0.5) is 5.69 Å². The van der Waals surface area contributed by atoms with Gasteiger partial charge in [0.2, 0.25) is 5.91 Å². The van der Waals surface area contributed by atoms with Crippen molar-refractivity contribution in [1.82, 2.24) is 5.32 Å². The maximum atomic E-state index is 12.3. The number of amides is 2. The molecule has 2 aromatic carbocycles. The fourth-order valence-corrected chi connectivity index (χ4v) is 2.17. The van der Waals surface area contributed by atoms with Crippen molar-refractivity contribution >= 4 is 23.5 Å². The number of anilines is 1. The van der Waals surface area contributed by atoms with E-state index in [1.54, 1.807) is 24.3 Å². The van der Waals surface area contributed by atoms with E-state index in [-0.39, 0.29) is 5.91 Å². The number of rotatable bonds is 7. The van der Waals surface area contributed by atoms with Crippen LogP contribution in [0.3, 0.4) is 0 Å². The van der Waals surface area contributed by atoms with Crippen molar-refractivity contribution in [1.29, 1.82) is 0 Å². The molecule has 0 unspecified atom stereocenters. The molecule has 0 aliphatic carbocycles. The summed E-state index contributed by atoms with van der Waals surface area (Å²) < 4.78 is 0. The fraction of sp³-hybridized carbons (Fsp3) is 0.105. The fourth-order valence-electron chi connectivity index (χ4n) is 2.17. The standard InChI is InChI=1S/C19H18N2O4/c22-17(10-11-18(23)24)21-16-9-5-4-8-15(16)19(25)20-13-12-14-6-2-1-3-7-14/h1-11H,12-13H2,(H,20,25)(H,21,22)(H,23,24)/b11-10+. The van der Waals surface area contributed by atoms with Crippen molar-refractivity contribution in [2.75, 3.05) is 11.9 Å². The van der Waals surface area contributed by atoms with Gasteiger partial charge in [-0.1, -0.05) is 42.5 Å². The quantitative estimate of drug-likeness (QED) is 0.675. The number of nitrogens with one attached hydrogen (secondary N) is 2. The van der Waals surface area contributed by atoms with Gasteiger partial charge < -0.3 is 15.7 Å². The van der Waals surface area contributed by atoms with Crippen molar-refractivity contribution < 1.29 is 19.5 Å². The number of hydrogen-bond donors (Lipinski definition) is 3. The molecule has 0 radical (unpaired) electrons. The van der Waals surface area contributed by atoms with Crippen LogP contribution < -0.4 is 10.6 Å². The summed E-state index contributed by atoms with van der Waals surface area (Å²) >= 11 is 0. The van der Waals surface area contributed by atoms with Crippen molar-refractivity contribution in [2.24, 2.45) is 0 Å². The van der Waals surface area contributed by atoms with Crippen molar-refractivity contribution in [3.63, 3.8) is 0 Å². The van der Waals surface area contributed by atoms with Crippen LogP contribution in [0.5, 0.6) is 0 Å². The summed E-state index contributed by atoms with van der Waals surface area (Å²) in [6, 6.07) is 16.3. The lowest BCUT2D eigenvalue weighted by Gasteiger charge is -2.10. The Balaban J connectivity index is 1.97. The van der Waals surface area contributed by atoms with E-state index in [4.69, 9.17) is 5.11 Å². The predicted molar refractivity (Wildman–Crippen MR) is 94.3 cm³/mol. The second-order valence-electron chi connectivity index (χ2n) is 5.20. The minimum absolute atomic E-state index is 0.311. The maximum Gasteiger partial charge on any atom is 0.328 e. The minimum atomic E-state index is -1.22. The Hall–Kier alpha value is -3.41. The third-order valence-electron chi connectivity index (χ3n) is 3.35. The average molecular weight is 338 g/mol. The van der Waals surface area contributed by atoms with Gasteiger partial charge in [0.1, 0.15) is 0 Å². The number of aliphatic carboxylic acids is 1. The number of benzene rings is 2. The zero-order valence-electron chi connectivity index (χ0n) is 13.4. The summed E-state index contributed by atoms with van der Waals surface area (Å²) in [6.45, 7) is 0.462. The highest BCUT2D eigenvalue weighted by molar-refractivity contribution is 6.07. The first-order chi connectivity index (χ1) is 12.1. The summed E-state index contributed by atoms with van der Waals surface area (Å²) in [5.41, 5.74) is 1.75. The molecule has 2 rings (SSSR count). The van der Waals surface area contributed by atoms with E-state index in [1.807, 2.05) is 30.3 Å². The Morgan fingerprint density at radius 3 is 2.32 bits per heavy atom. The highest BCUT2D eigenvalue weighted by Crippen LogP contribution is 2.15. The average Bonchev–Trinajstić information content (AvgIpc) is 2.61. The molecule has 0 saturated heterocycles. The van der Waals surface area contributed by atoms with Crippen LogP contribution in [-0.2, 0) is 16.0 Å². The first-order valence-corrected chi connectivity index (χ1v) is 7.69. The van der Waals surface area contributed by atoms with Gasteiger partial charge in [-0.05, 0) is 24.1 Å². The molecule has 0 saturated carbocycles. The lowest BCUT2D eigenvalue weighted by molar-refractivity contribution is -0.131. The summed E-state index contributed by atoms with van der Waals surface area (Å²) in [6.07, 6.45) is 2.33. The molecule has 0 atom stereocenters. The topological polar surface area (TPSA) is 95.5 Å². The molecule has 0 bridgehead atoms. The highest BCUT2D eigenvalue weighted by Gasteiger charge is 2.11. The van der Waals surface area contributed by atoms with Gasteiger partial charge in [-0.25, -0.2) is 4.79 Å². The molecule has 6 heteroatoms.